The van der Waals surface area contributed by atoms with E-state index in [1.807, 2.05) is 36.2 Å². The first-order valence-electron chi connectivity index (χ1n) is 5.71. The molecule has 1 heterocycles. The number of benzene rings is 1. The molecule has 0 radical (unpaired) electrons. The Bertz CT molecular complexity index is 574. The molecule has 0 saturated heterocycles. The van der Waals surface area contributed by atoms with Gasteiger partial charge in [0.05, 0.1) is 19.9 Å². The number of aromatic nitrogens is 2. The highest BCUT2D eigenvalue weighted by Gasteiger charge is 2.12. The molecule has 100 valence electrons. The van der Waals surface area contributed by atoms with Gasteiger partial charge in [-0.15, -0.1) is 0 Å². The zero-order chi connectivity index (χ0) is 13.8. The number of rotatable bonds is 4. The second-order valence-electron chi connectivity index (χ2n) is 3.86. The van der Waals surface area contributed by atoms with Crippen LogP contribution in [0.4, 0.5) is 17.5 Å². The van der Waals surface area contributed by atoms with Crippen molar-refractivity contribution in [2.24, 2.45) is 0 Å². The average Bonchev–Trinajstić information content (AvgIpc) is 2.45. The molecule has 2 N–H and O–H groups in total. The number of ether oxygens (including phenoxy) is 2. The van der Waals surface area contributed by atoms with Crippen molar-refractivity contribution in [2.45, 2.75) is 0 Å². The van der Waals surface area contributed by atoms with Crippen LogP contribution in [0.1, 0.15) is 0 Å². The molecule has 6 heteroatoms. The Morgan fingerprint density at radius 2 is 1.84 bits per heavy atom. The molecule has 0 fully saturated rings. The molecule has 2 aromatic rings. The lowest BCUT2D eigenvalue weighted by atomic mass is 10.2. The Kier molecular flexibility index (Phi) is 3.70. The van der Waals surface area contributed by atoms with Gasteiger partial charge >= 0.3 is 0 Å². The van der Waals surface area contributed by atoms with Crippen molar-refractivity contribution in [3.8, 4) is 11.6 Å². The zero-order valence-electron chi connectivity index (χ0n) is 11.1. The van der Waals surface area contributed by atoms with Crippen molar-refractivity contribution >= 4 is 17.5 Å². The van der Waals surface area contributed by atoms with Gasteiger partial charge in [-0.1, -0.05) is 12.1 Å². The van der Waals surface area contributed by atoms with E-state index in [4.69, 9.17) is 15.2 Å². The second kappa shape index (κ2) is 5.43. The molecule has 0 aliphatic carbocycles. The Labute approximate surface area is 111 Å². The van der Waals surface area contributed by atoms with E-state index in [-0.39, 0.29) is 5.95 Å². The number of hydrogen-bond donors (Lipinski definition) is 1. The van der Waals surface area contributed by atoms with Gasteiger partial charge < -0.3 is 20.1 Å². The Morgan fingerprint density at radius 1 is 1.11 bits per heavy atom. The van der Waals surface area contributed by atoms with Gasteiger partial charge in [0.1, 0.15) is 11.6 Å². The van der Waals surface area contributed by atoms with Crippen LogP contribution >= 0.6 is 0 Å². The van der Waals surface area contributed by atoms with Crippen LogP contribution in [0.15, 0.2) is 30.3 Å². The molecule has 1 aromatic carbocycles. The van der Waals surface area contributed by atoms with Gasteiger partial charge in [-0.25, -0.2) is 0 Å². The number of para-hydroxylation sites is 2. The highest BCUT2D eigenvalue weighted by Crippen LogP contribution is 2.32. The van der Waals surface area contributed by atoms with Crippen LogP contribution in [0.2, 0.25) is 0 Å². The van der Waals surface area contributed by atoms with Crippen LogP contribution in [-0.4, -0.2) is 31.2 Å². The fourth-order valence-corrected chi connectivity index (χ4v) is 1.74. The SMILES string of the molecule is COc1cc(N(C)c2ccccc2OC)nc(N)n1. The predicted octanol–water partition coefficient (Wildman–Crippen LogP) is 1.84. The average molecular weight is 260 g/mol. The lowest BCUT2D eigenvalue weighted by Gasteiger charge is -2.21. The van der Waals surface area contributed by atoms with E-state index < -0.39 is 0 Å². The molecule has 0 unspecified atom stereocenters. The summed E-state index contributed by atoms with van der Waals surface area (Å²) in [6.45, 7) is 0. The third-order valence-corrected chi connectivity index (χ3v) is 2.71. The largest absolute Gasteiger partial charge is 0.495 e. The summed E-state index contributed by atoms with van der Waals surface area (Å²) >= 11 is 0. The van der Waals surface area contributed by atoms with E-state index in [1.54, 1.807) is 13.2 Å². The smallest absolute Gasteiger partial charge is 0.225 e. The summed E-state index contributed by atoms with van der Waals surface area (Å²) in [5.41, 5.74) is 6.54. The topological polar surface area (TPSA) is 73.5 Å². The highest BCUT2D eigenvalue weighted by molar-refractivity contribution is 5.67. The normalized spacial score (nSPS) is 10.1. The van der Waals surface area contributed by atoms with Gasteiger partial charge in [0.15, 0.2) is 0 Å². The molecule has 2 rings (SSSR count). The van der Waals surface area contributed by atoms with E-state index in [9.17, 15) is 0 Å². The summed E-state index contributed by atoms with van der Waals surface area (Å²) in [5.74, 6) is 1.97. The predicted molar refractivity (Wildman–Crippen MR) is 74.1 cm³/mol. The molecule has 0 atom stereocenters. The van der Waals surface area contributed by atoms with E-state index in [0.717, 1.165) is 11.4 Å². The fourth-order valence-electron chi connectivity index (χ4n) is 1.74. The quantitative estimate of drug-likeness (QED) is 0.904. The summed E-state index contributed by atoms with van der Waals surface area (Å²) in [5, 5.41) is 0. The molecule has 1 aromatic heterocycles. The minimum absolute atomic E-state index is 0.163. The van der Waals surface area contributed by atoms with Crippen LogP contribution in [0.3, 0.4) is 0 Å². The molecule has 0 aliphatic rings. The molecule has 0 spiro atoms. The monoisotopic (exact) mass is 260 g/mol. The lowest BCUT2D eigenvalue weighted by molar-refractivity contribution is 0.397. The Morgan fingerprint density at radius 3 is 2.53 bits per heavy atom. The molecular formula is C13H16N4O2. The summed E-state index contributed by atoms with van der Waals surface area (Å²) in [4.78, 5) is 10.0. The number of methoxy groups -OCH3 is 2. The van der Waals surface area contributed by atoms with E-state index >= 15 is 0 Å². The lowest BCUT2D eigenvalue weighted by Crippen LogP contribution is -2.14. The van der Waals surface area contributed by atoms with Gasteiger partial charge in [-0.05, 0) is 12.1 Å². The standard InChI is InChI=1S/C13H16N4O2/c1-17(9-6-4-5-7-10(9)18-2)11-8-12(19-3)16-13(14)15-11/h4-8H,1-3H3,(H2,14,15,16). The van der Waals surface area contributed by atoms with Gasteiger partial charge in [0, 0.05) is 13.1 Å². The fraction of sp³-hybridized carbons (Fsp3) is 0.231. The van der Waals surface area contributed by atoms with E-state index in [0.29, 0.717) is 11.7 Å². The molecule has 6 nitrogen and oxygen atoms in total. The van der Waals surface area contributed by atoms with Gasteiger partial charge in [-0.3, -0.25) is 0 Å². The Balaban J connectivity index is 2.43. The zero-order valence-corrected chi connectivity index (χ0v) is 11.1. The number of anilines is 3. The first kappa shape index (κ1) is 12.9. The van der Waals surface area contributed by atoms with Gasteiger partial charge in [0.2, 0.25) is 11.8 Å². The van der Waals surface area contributed by atoms with Crippen molar-refractivity contribution in [2.75, 3.05) is 31.9 Å². The van der Waals surface area contributed by atoms with Crippen LogP contribution < -0.4 is 20.1 Å². The third kappa shape index (κ3) is 2.67. The van der Waals surface area contributed by atoms with E-state index in [2.05, 4.69) is 9.97 Å². The summed E-state index contributed by atoms with van der Waals surface area (Å²) in [6.07, 6.45) is 0. The van der Waals surface area contributed by atoms with Crippen molar-refractivity contribution in [1.29, 1.82) is 0 Å². The van der Waals surface area contributed by atoms with Gasteiger partial charge in [-0.2, -0.15) is 9.97 Å². The molecule has 0 aliphatic heterocycles. The molecule has 0 amide bonds. The Hall–Kier alpha value is -2.50. The van der Waals surface area contributed by atoms with Crippen molar-refractivity contribution in [3.63, 3.8) is 0 Å². The minimum Gasteiger partial charge on any atom is -0.495 e. The maximum Gasteiger partial charge on any atom is 0.225 e. The summed E-state index contributed by atoms with van der Waals surface area (Å²) < 4.78 is 10.4. The minimum atomic E-state index is 0.163. The number of nitrogens with two attached hydrogens (primary N) is 1. The van der Waals surface area contributed by atoms with Crippen LogP contribution in [0.5, 0.6) is 11.6 Å². The molecule has 0 saturated carbocycles. The number of nitrogens with zero attached hydrogens (tertiary/aromatic N) is 3. The van der Waals surface area contributed by atoms with E-state index in [1.165, 1.54) is 7.11 Å². The first-order chi connectivity index (χ1) is 9.15. The number of hydrogen-bond acceptors (Lipinski definition) is 6. The summed E-state index contributed by atoms with van der Waals surface area (Å²) in [7, 11) is 5.04. The van der Waals surface area contributed by atoms with Crippen LogP contribution in [0.25, 0.3) is 0 Å². The maximum atomic E-state index is 5.66. The van der Waals surface area contributed by atoms with Crippen LogP contribution in [-0.2, 0) is 0 Å². The van der Waals surface area contributed by atoms with Crippen molar-refractivity contribution in [3.05, 3.63) is 30.3 Å². The first-order valence-corrected chi connectivity index (χ1v) is 5.71. The molecule has 0 bridgehead atoms. The molecular weight excluding hydrogens is 244 g/mol. The van der Waals surface area contributed by atoms with Crippen molar-refractivity contribution < 1.29 is 9.47 Å². The van der Waals surface area contributed by atoms with Gasteiger partial charge in [0.25, 0.3) is 0 Å². The van der Waals surface area contributed by atoms with Crippen molar-refractivity contribution in [1.82, 2.24) is 9.97 Å². The van der Waals surface area contributed by atoms with Crippen LogP contribution in [0, 0.1) is 0 Å². The molecule has 19 heavy (non-hydrogen) atoms. The second-order valence-corrected chi connectivity index (χ2v) is 3.86. The number of nitrogen functional groups attached to an aromatic ring is 1. The third-order valence-electron chi connectivity index (χ3n) is 2.71. The highest BCUT2D eigenvalue weighted by atomic mass is 16.5. The summed E-state index contributed by atoms with van der Waals surface area (Å²) in [6, 6.07) is 9.36. The maximum absolute atomic E-state index is 5.66.